The van der Waals surface area contributed by atoms with Crippen LogP contribution in [0.1, 0.15) is 23.5 Å². The Labute approximate surface area is 159 Å². The fraction of sp³-hybridized carbons (Fsp3) is 0.211. The topological polar surface area (TPSA) is 90.1 Å². The molecule has 0 bridgehead atoms. The van der Waals surface area contributed by atoms with Crippen molar-refractivity contribution in [3.63, 3.8) is 0 Å². The van der Waals surface area contributed by atoms with Crippen molar-refractivity contribution in [2.24, 2.45) is 0 Å². The van der Waals surface area contributed by atoms with Crippen molar-refractivity contribution in [3.05, 3.63) is 69.1 Å². The van der Waals surface area contributed by atoms with Gasteiger partial charge in [-0.25, -0.2) is 0 Å². The fourth-order valence-electron chi connectivity index (χ4n) is 2.89. The number of aromatic hydroxyl groups is 1. The van der Waals surface area contributed by atoms with Crippen molar-refractivity contribution >= 4 is 23.2 Å². The smallest absolute Gasteiger partial charge is 0.306 e. The van der Waals surface area contributed by atoms with Gasteiger partial charge in [0, 0.05) is 12.1 Å². The molecule has 140 valence electrons. The first-order valence-corrected chi connectivity index (χ1v) is 8.44. The van der Waals surface area contributed by atoms with Gasteiger partial charge in [-0.15, -0.1) is 0 Å². The van der Waals surface area contributed by atoms with Crippen LogP contribution in [0, 0.1) is 0 Å². The maximum atomic E-state index is 13.0. The molecule has 0 aliphatic carbocycles. The highest BCUT2D eigenvalue weighted by Gasteiger charge is 2.27. The Balaban J connectivity index is 2.21. The summed E-state index contributed by atoms with van der Waals surface area (Å²) in [5.41, 5.74) is 0.365. The van der Waals surface area contributed by atoms with Gasteiger partial charge in [0.2, 0.25) is 5.88 Å². The van der Waals surface area contributed by atoms with Crippen LogP contribution in [-0.4, -0.2) is 34.7 Å². The summed E-state index contributed by atoms with van der Waals surface area (Å²) >= 11 is 5.98. The number of hydrogen-bond donors (Lipinski definition) is 1. The largest absolute Gasteiger partial charge is 0.497 e. The number of halogens is 1. The Bertz CT molecular complexity index is 1050. The van der Waals surface area contributed by atoms with E-state index in [-0.39, 0.29) is 17.6 Å². The minimum absolute atomic E-state index is 0.00895. The third-order valence-corrected chi connectivity index (χ3v) is 4.49. The highest BCUT2D eigenvalue weighted by molar-refractivity contribution is 6.30. The first-order valence-electron chi connectivity index (χ1n) is 8.06. The molecular formula is C19H17ClN2O5. The number of pyridine rings is 1. The molecule has 1 atom stereocenters. The van der Waals surface area contributed by atoms with Crippen LogP contribution >= 0.6 is 11.6 Å². The summed E-state index contributed by atoms with van der Waals surface area (Å²) in [5.74, 6) is -1.09. The number of aromatic nitrogens is 2. The van der Waals surface area contributed by atoms with E-state index in [1.165, 1.54) is 30.9 Å². The average Bonchev–Trinajstić information content (AvgIpc) is 2.67. The third kappa shape index (κ3) is 3.73. The van der Waals surface area contributed by atoms with Crippen LogP contribution in [0.4, 0.5) is 0 Å². The zero-order valence-electron chi connectivity index (χ0n) is 14.7. The SMILES string of the molecule is COC(=O)C[C@@H](c1ccc(OC)cc1)c1c(O)nc2ccc(Cl)cn2c1=O. The normalized spacial score (nSPS) is 12.0. The molecule has 0 fully saturated rings. The van der Waals surface area contributed by atoms with Crippen molar-refractivity contribution in [2.75, 3.05) is 14.2 Å². The van der Waals surface area contributed by atoms with Gasteiger partial charge in [-0.05, 0) is 29.8 Å². The van der Waals surface area contributed by atoms with Crippen molar-refractivity contribution in [1.82, 2.24) is 9.38 Å². The molecule has 27 heavy (non-hydrogen) atoms. The van der Waals surface area contributed by atoms with Crippen molar-refractivity contribution in [1.29, 1.82) is 0 Å². The molecule has 8 heteroatoms. The number of hydrogen-bond acceptors (Lipinski definition) is 6. The zero-order chi connectivity index (χ0) is 19.6. The minimum atomic E-state index is -0.751. The van der Waals surface area contributed by atoms with Crippen molar-refractivity contribution in [3.8, 4) is 11.6 Å². The van der Waals surface area contributed by atoms with E-state index in [1.54, 1.807) is 30.3 Å². The number of benzene rings is 1. The number of esters is 1. The first-order chi connectivity index (χ1) is 12.9. The summed E-state index contributed by atoms with van der Waals surface area (Å²) in [5, 5.41) is 10.8. The Hall–Kier alpha value is -3.06. The van der Waals surface area contributed by atoms with E-state index in [1.807, 2.05) is 0 Å². The second-order valence-corrected chi connectivity index (χ2v) is 6.27. The lowest BCUT2D eigenvalue weighted by Gasteiger charge is -2.18. The average molecular weight is 389 g/mol. The molecule has 2 aromatic heterocycles. The molecule has 0 amide bonds. The predicted octanol–water partition coefficient (Wildman–Crippen LogP) is 2.76. The van der Waals surface area contributed by atoms with Gasteiger partial charge >= 0.3 is 5.97 Å². The molecule has 2 heterocycles. The van der Waals surface area contributed by atoms with E-state index < -0.39 is 23.3 Å². The van der Waals surface area contributed by atoms with Gasteiger partial charge in [0.25, 0.3) is 5.56 Å². The first kappa shape index (κ1) is 18.7. The lowest BCUT2D eigenvalue weighted by Crippen LogP contribution is -2.24. The standard InChI is InChI=1S/C19H17ClN2O5/c1-26-13-6-3-11(4-7-13)14(9-16(23)27-2)17-18(24)21-15-8-5-12(20)10-22(15)19(17)25/h3-8,10,14,24H,9H2,1-2H3/t14-/m0/s1. The van der Waals surface area contributed by atoms with Gasteiger partial charge in [-0.3, -0.25) is 14.0 Å². The van der Waals surface area contributed by atoms with Crippen molar-refractivity contribution in [2.45, 2.75) is 12.3 Å². The number of rotatable bonds is 5. The summed E-state index contributed by atoms with van der Waals surface area (Å²) in [6, 6.07) is 9.95. The van der Waals surface area contributed by atoms with E-state index in [0.29, 0.717) is 16.3 Å². The molecule has 0 saturated heterocycles. The van der Waals surface area contributed by atoms with Gasteiger partial charge in [-0.1, -0.05) is 23.7 Å². The molecule has 1 aromatic carbocycles. The Morgan fingerprint density at radius 3 is 2.56 bits per heavy atom. The molecule has 0 saturated carbocycles. The van der Waals surface area contributed by atoms with E-state index >= 15 is 0 Å². The lowest BCUT2D eigenvalue weighted by atomic mass is 9.89. The molecule has 3 rings (SSSR count). The number of carbonyl (C=O) groups excluding carboxylic acids is 1. The number of nitrogens with zero attached hydrogens (tertiary/aromatic N) is 2. The van der Waals surface area contributed by atoms with Gasteiger partial charge in [-0.2, -0.15) is 4.98 Å². The maximum Gasteiger partial charge on any atom is 0.306 e. The molecule has 0 aliphatic rings. The van der Waals surface area contributed by atoms with Crippen LogP contribution in [0.3, 0.4) is 0 Å². The van der Waals surface area contributed by atoms with Gasteiger partial charge in [0.05, 0.1) is 31.2 Å². The lowest BCUT2D eigenvalue weighted by molar-refractivity contribution is -0.140. The molecule has 7 nitrogen and oxygen atoms in total. The van der Waals surface area contributed by atoms with Crippen molar-refractivity contribution < 1.29 is 19.4 Å². The van der Waals surface area contributed by atoms with Crippen LogP contribution in [0.2, 0.25) is 5.02 Å². The molecule has 3 aromatic rings. The number of ether oxygens (including phenoxy) is 2. The van der Waals surface area contributed by atoms with E-state index in [2.05, 4.69) is 4.98 Å². The van der Waals surface area contributed by atoms with Gasteiger partial charge in [0.15, 0.2) is 0 Å². The molecule has 0 radical (unpaired) electrons. The van der Waals surface area contributed by atoms with Crippen LogP contribution in [0.5, 0.6) is 11.6 Å². The van der Waals surface area contributed by atoms with Crippen LogP contribution in [0.15, 0.2) is 47.4 Å². The third-order valence-electron chi connectivity index (χ3n) is 4.27. The monoisotopic (exact) mass is 388 g/mol. The second-order valence-electron chi connectivity index (χ2n) is 5.84. The Morgan fingerprint density at radius 1 is 1.22 bits per heavy atom. The number of methoxy groups -OCH3 is 2. The summed E-state index contributed by atoms with van der Waals surface area (Å²) in [6.07, 6.45) is 1.28. The van der Waals surface area contributed by atoms with Gasteiger partial charge < -0.3 is 14.6 Å². The zero-order valence-corrected chi connectivity index (χ0v) is 15.4. The van der Waals surface area contributed by atoms with E-state index in [9.17, 15) is 14.7 Å². The van der Waals surface area contributed by atoms with Crippen LogP contribution in [-0.2, 0) is 9.53 Å². The van der Waals surface area contributed by atoms with Gasteiger partial charge in [0.1, 0.15) is 11.4 Å². The summed E-state index contributed by atoms with van der Waals surface area (Å²) in [7, 11) is 2.80. The molecule has 0 aliphatic heterocycles. The molecule has 1 N–H and O–H groups in total. The Morgan fingerprint density at radius 2 is 1.93 bits per heavy atom. The highest BCUT2D eigenvalue weighted by atomic mass is 35.5. The molecule has 0 unspecified atom stereocenters. The molecular weight excluding hydrogens is 372 g/mol. The van der Waals surface area contributed by atoms with Crippen LogP contribution < -0.4 is 10.3 Å². The summed E-state index contributed by atoms with van der Waals surface area (Å²) in [4.78, 5) is 29.1. The minimum Gasteiger partial charge on any atom is -0.497 e. The number of fused-ring (bicyclic) bond motifs is 1. The fourth-order valence-corrected chi connectivity index (χ4v) is 3.05. The molecule has 0 spiro atoms. The Kier molecular flexibility index (Phi) is 5.32. The number of carbonyl (C=O) groups is 1. The van der Waals surface area contributed by atoms with E-state index in [0.717, 1.165) is 0 Å². The van der Waals surface area contributed by atoms with Crippen LogP contribution in [0.25, 0.3) is 5.65 Å². The maximum absolute atomic E-state index is 13.0. The summed E-state index contributed by atoms with van der Waals surface area (Å²) < 4.78 is 11.1. The quantitative estimate of drug-likeness (QED) is 0.676. The summed E-state index contributed by atoms with van der Waals surface area (Å²) in [6.45, 7) is 0. The second kappa shape index (κ2) is 7.67. The predicted molar refractivity (Wildman–Crippen MR) is 99.6 cm³/mol. The van der Waals surface area contributed by atoms with E-state index in [4.69, 9.17) is 21.1 Å². The highest BCUT2D eigenvalue weighted by Crippen LogP contribution is 2.32.